The molecular weight excluding hydrogens is 284 g/mol. The summed E-state index contributed by atoms with van der Waals surface area (Å²) in [5.41, 5.74) is -0.209. The van der Waals surface area contributed by atoms with Crippen LogP contribution in [0.5, 0.6) is 0 Å². The topological polar surface area (TPSA) is 86.0 Å². The van der Waals surface area contributed by atoms with Crippen molar-refractivity contribution in [1.29, 1.82) is 0 Å². The van der Waals surface area contributed by atoms with E-state index in [-0.39, 0.29) is 16.9 Å². The minimum Gasteiger partial charge on any atom is -0.324 e. The Morgan fingerprint density at radius 1 is 1.18 bits per heavy atom. The van der Waals surface area contributed by atoms with Gasteiger partial charge in [0.2, 0.25) is 5.91 Å². The van der Waals surface area contributed by atoms with Gasteiger partial charge in [-0.1, -0.05) is 20.8 Å². The maximum Gasteiger partial charge on any atom is 0.332 e. The quantitative estimate of drug-likeness (QED) is 0.849. The first-order valence-electron chi connectivity index (χ1n) is 6.92. The normalized spacial score (nSPS) is 11.7. The van der Waals surface area contributed by atoms with Crippen molar-refractivity contribution in [3.8, 4) is 0 Å². The van der Waals surface area contributed by atoms with E-state index < -0.39 is 16.7 Å². The van der Waals surface area contributed by atoms with Crippen LogP contribution in [0.15, 0.2) is 15.8 Å². The van der Waals surface area contributed by atoms with Crippen LogP contribution >= 0.6 is 0 Å². The lowest BCUT2D eigenvalue weighted by Gasteiger charge is -2.20. The molecule has 22 heavy (non-hydrogen) atoms. The summed E-state index contributed by atoms with van der Waals surface area (Å²) in [6.45, 7) is 7.12. The maximum atomic E-state index is 12.5. The predicted molar refractivity (Wildman–Crippen MR) is 85.0 cm³/mol. The molecule has 0 radical (unpaired) electrons. The molecule has 7 heteroatoms. The Hall–Kier alpha value is -2.44. The molecule has 1 amide bonds. The smallest absolute Gasteiger partial charge is 0.324 e. The number of pyridine rings is 1. The number of aromatic nitrogens is 3. The van der Waals surface area contributed by atoms with E-state index in [1.165, 1.54) is 11.6 Å². The number of nitrogens with zero attached hydrogens (tertiary/aromatic N) is 3. The second-order valence-electron chi connectivity index (χ2n) is 6.42. The summed E-state index contributed by atoms with van der Waals surface area (Å²) < 4.78 is 2.30. The number of rotatable bonds is 1. The zero-order valence-electron chi connectivity index (χ0n) is 13.6. The van der Waals surface area contributed by atoms with Gasteiger partial charge in [0, 0.05) is 25.7 Å². The van der Waals surface area contributed by atoms with Crippen LogP contribution in [0.25, 0.3) is 11.0 Å². The van der Waals surface area contributed by atoms with E-state index in [9.17, 15) is 14.4 Å². The Labute approximate surface area is 127 Å². The summed E-state index contributed by atoms with van der Waals surface area (Å²) in [5, 5.41) is 3.04. The number of nitrogens with one attached hydrogen (secondary N) is 1. The fraction of sp³-hybridized carbons (Fsp3) is 0.467. The SMILES string of the molecule is Cc1cnc2c(c1NC(=O)C(C)(C)C)c(=O)n(C)c(=O)n2C. The van der Waals surface area contributed by atoms with Gasteiger partial charge in [-0.25, -0.2) is 9.78 Å². The van der Waals surface area contributed by atoms with E-state index in [2.05, 4.69) is 10.3 Å². The van der Waals surface area contributed by atoms with Crippen molar-refractivity contribution < 1.29 is 4.79 Å². The van der Waals surface area contributed by atoms with Gasteiger partial charge < -0.3 is 5.32 Å². The van der Waals surface area contributed by atoms with Gasteiger partial charge in [0.05, 0.1) is 5.69 Å². The zero-order valence-corrected chi connectivity index (χ0v) is 13.6. The molecule has 2 rings (SSSR count). The Morgan fingerprint density at radius 2 is 1.77 bits per heavy atom. The number of aryl methyl sites for hydroxylation is 2. The standard InChI is InChI=1S/C15H20N4O3/c1-8-7-16-11-9(10(8)17-13(21)15(2,3)4)12(20)19(6)14(22)18(11)5/h7H,1-6H3,(H,16,17,21). The van der Waals surface area contributed by atoms with Crippen molar-refractivity contribution in [2.45, 2.75) is 27.7 Å². The Bertz CT molecular complexity index is 885. The third-order valence-corrected chi connectivity index (χ3v) is 3.58. The maximum absolute atomic E-state index is 12.5. The van der Waals surface area contributed by atoms with Crippen molar-refractivity contribution in [2.75, 3.05) is 5.32 Å². The van der Waals surface area contributed by atoms with Crippen molar-refractivity contribution >= 4 is 22.6 Å². The lowest BCUT2D eigenvalue weighted by atomic mass is 9.95. The highest BCUT2D eigenvalue weighted by atomic mass is 16.2. The Morgan fingerprint density at radius 3 is 2.32 bits per heavy atom. The molecule has 0 bridgehead atoms. The average Bonchev–Trinajstić information content (AvgIpc) is 2.43. The van der Waals surface area contributed by atoms with Crippen molar-refractivity contribution in [3.05, 3.63) is 32.6 Å². The van der Waals surface area contributed by atoms with Crippen LogP contribution in [0.3, 0.4) is 0 Å². The minimum absolute atomic E-state index is 0.209. The van der Waals surface area contributed by atoms with Crippen LogP contribution in [0, 0.1) is 12.3 Å². The van der Waals surface area contributed by atoms with E-state index in [4.69, 9.17) is 0 Å². The second-order valence-corrected chi connectivity index (χ2v) is 6.42. The number of hydrogen-bond acceptors (Lipinski definition) is 4. The first-order valence-corrected chi connectivity index (χ1v) is 6.92. The molecule has 0 unspecified atom stereocenters. The molecule has 7 nitrogen and oxygen atoms in total. The van der Waals surface area contributed by atoms with Crippen LogP contribution < -0.4 is 16.6 Å². The highest BCUT2D eigenvalue weighted by molar-refractivity contribution is 6.02. The van der Waals surface area contributed by atoms with E-state index in [0.717, 1.165) is 4.57 Å². The highest BCUT2D eigenvalue weighted by Crippen LogP contribution is 2.24. The fourth-order valence-electron chi connectivity index (χ4n) is 2.09. The molecule has 0 fully saturated rings. The van der Waals surface area contributed by atoms with Crippen LogP contribution in [0.1, 0.15) is 26.3 Å². The molecule has 0 aromatic carbocycles. The molecule has 2 aromatic heterocycles. The first-order chi connectivity index (χ1) is 10.1. The molecule has 2 aromatic rings. The van der Waals surface area contributed by atoms with E-state index in [1.54, 1.807) is 40.9 Å². The summed E-state index contributed by atoms with van der Waals surface area (Å²) in [6.07, 6.45) is 1.54. The van der Waals surface area contributed by atoms with Gasteiger partial charge >= 0.3 is 5.69 Å². The molecule has 0 saturated heterocycles. The highest BCUT2D eigenvalue weighted by Gasteiger charge is 2.24. The molecule has 118 valence electrons. The van der Waals surface area contributed by atoms with E-state index in [1.807, 2.05) is 0 Å². The summed E-state index contributed by atoms with van der Waals surface area (Å²) in [7, 11) is 2.95. The van der Waals surface area contributed by atoms with Gasteiger partial charge in [-0.15, -0.1) is 0 Å². The van der Waals surface area contributed by atoms with Crippen LogP contribution in [0.2, 0.25) is 0 Å². The van der Waals surface area contributed by atoms with Crippen LogP contribution in [-0.4, -0.2) is 20.0 Å². The largest absolute Gasteiger partial charge is 0.332 e. The molecule has 0 atom stereocenters. The summed E-state index contributed by atoms with van der Waals surface area (Å²) >= 11 is 0. The summed E-state index contributed by atoms with van der Waals surface area (Å²) in [4.78, 5) is 40.9. The van der Waals surface area contributed by atoms with Crippen LogP contribution in [-0.2, 0) is 18.9 Å². The van der Waals surface area contributed by atoms with Gasteiger partial charge in [0.1, 0.15) is 5.39 Å². The molecule has 2 heterocycles. The lowest BCUT2D eigenvalue weighted by molar-refractivity contribution is -0.123. The molecular formula is C15H20N4O3. The van der Waals surface area contributed by atoms with Gasteiger partial charge in [-0.3, -0.25) is 18.7 Å². The van der Waals surface area contributed by atoms with Crippen molar-refractivity contribution in [1.82, 2.24) is 14.1 Å². The monoisotopic (exact) mass is 304 g/mol. The van der Waals surface area contributed by atoms with Gasteiger partial charge in [-0.2, -0.15) is 0 Å². The third kappa shape index (κ3) is 2.43. The Balaban J connectivity index is 2.85. The molecule has 0 aliphatic heterocycles. The molecule has 0 saturated carbocycles. The summed E-state index contributed by atoms with van der Waals surface area (Å²) in [5.74, 6) is -0.209. The van der Waals surface area contributed by atoms with Gasteiger partial charge in [0.25, 0.3) is 5.56 Å². The lowest BCUT2D eigenvalue weighted by Crippen LogP contribution is -2.38. The fourth-order valence-corrected chi connectivity index (χ4v) is 2.09. The summed E-state index contributed by atoms with van der Waals surface area (Å²) in [6, 6.07) is 0. The van der Waals surface area contributed by atoms with Crippen LogP contribution in [0.4, 0.5) is 5.69 Å². The van der Waals surface area contributed by atoms with Gasteiger partial charge in [-0.05, 0) is 12.5 Å². The minimum atomic E-state index is -0.603. The number of fused-ring (bicyclic) bond motifs is 1. The van der Waals surface area contributed by atoms with Gasteiger partial charge in [0.15, 0.2) is 5.65 Å². The van der Waals surface area contributed by atoms with E-state index in [0.29, 0.717) is 11.3 Å². The number of carbonyl (C=O) groups is 1. The van der Waals surface area contributed by atoms with Crippen molar-refractivity contribution in [3.63, 3.8) is 0 Å². The Kier molecular flexibility index (Phi) is 3.68. The van der Waals surface area contributed by atoms with Crippen molar-refractivity contribution in [2.24, 2.45) is 19.5 Å². The number of anilines is 1. The molecule has 0 spiro atoms. The average molecular weight is 304 g/mol. The molecule has 0 aliphatic rings. The number of amides is 1. The number of carbonyl (C=O) groups excluding carboxylic acids is 1. The number of hydrogen-bond donors (Lipinski definition) is 1. The zero-order chi connectivity index (χ0) is 16.8. The predicted octanol–water partition coefficient (Wildman–Crippen LogP) is 0.925. The third-order valence-electron chi connectivity index (χ3n) is 3.58. The molecule has 1 N–H and O–H groups in total. The van der Waals surface area contributed by atoms with E-state index >= 15 is 0 Å². The second kappa shape index (κ2) is 5.08. The first kappa shape index (κ1) is 15.9. The molecule has 0 aliphatic carbocycles.